The highest BCUT2D eigenvalue weighted by Crippen LogP contribution is 2.26. The van der Waals surface area contributed by atoms with Crippen LogP contribution in [0.4, 0.5) is 11.9 Å². The van der Waals surface area contributed by atoms with E-state index in [1.807, 2.05) is 50.2 Å². The van der Waals surface area contributed by atoms with Crippen LogP contribution in [0.3, 0.4) is 0 Å². The van der Waals surface area contributed by atoms with Gasteiger partial charge in [-0.1, -0.05) is 41.4 Å². The van der Waals surface area contributed by atoms with Crippen LogP contribution in [-0.4, -0.2) is 19.9 Å². The van der Waals surface area contributed by atoms with Crippen molar-refractivity contribution in [2.45, 2.75) is 13.8 Å². The van der Waals surface area contributed by atoms with Gasteiger partial charge < -0.3 is 0 Å². The summed E-state index contributed by atoms with van der Waals surface area (Å²) in [5.74, 6) is 0.617. The van der Waals surface area contributed by atoms with E-state index in [0.29, 0.717) is 22.2 Å². The molecule has 0 aliphatic heterocycles. The third-order valence-corrected chi connectivity index (χ3v) is 4.49. The molecule has 4 rings (SSSR count). The maximum atomic E-state index is 12.1. The number of nitrogens with zero attached hydrogens (tertiary/aromatic N) is 3. The fourth-order valence-electron chi connectivity index (χ4n) is 2.88. The van der Waals surface area contributed by atoms with E-state index in [4.69, 9.17) is 11.6 Å². The van der Waals surface area contributed by atoms with Crippen LogP contribution in [0.5, 0.6) is 0 Å². The van der Waals surface area contributed by atoms with Gasteiger partial charge in [-0.05, 0) is 32.0 Å². The smallest absolute Gasteiger partial charge is 0.252 e. The van der Waals surface area contributed by atoms with Gasteiger partial charge in [0.25, 0.3) is 5.56 Å². The number of nitrogens with one attached hydrogen (secondary N) is 2. The summed E-state index contributed by atoms with van der Waals surface area (Å²) in [4.78, 5) is 28.2. The number of benzene rings is 2. The molecular weight excluding hydrogens is 362 g/mol. The first-order chi connectivity index (χ1) is 13.0. The van der Waals surface area contributed by atoms with Gasteiger partial charge in [0.2, 0.25) is 11.9 Å². The van der Waals surface area contributed by atoms with Crippen LogP contribution in [-0.2, 0) is 0 Å². The van der Waals surface area contributed by atoms with Crippen molar-refractivity contribution in [2.75, 3.05) is 5.32 Å². The molecule has 0 bridgehead atoms. The molecule has 0 saturated heterocycles. The molecule has 0 saturated carbocycles. The number of fused-ring (bicyclic) bond motifs is 1. The minimum absolute atomic E-state index is 0.253. The fraction of sp³-hybridized carbons (Fsp3) is 0.100. The molecule has 7 heteroatoms. The number of hydrogen-bond donors (Lipinski definition) is 2. The zero-order chi connectivity index (χ0) is 19.0. The molecule has 2 aromatic carbocycles. The number of aromatic nitrogens is 4. The highest BCUT2D eigenvalue weighted by Gasteiger charge is 2.10. The van der Waals surface area contributed by atoms with Crippen molar-refractivity contribution < 1.29 is 0 Å². The maximum Gasteiger partial charge on any atom is 0.252 e. The molecule has 0 fully saturated rings. The van der Waals surface area contributed by atoms with Crippen LogP contribution in [0.1, 0.15) is 11.3 Å². The van der Waals surface area contributed by atoms with E-state index in [-0.39, 0.29) is 11.5 Å². The van der Waals surface area contributed by atoms with Gasteiger partial charge in [-0.2, -0.15) is 0 Å². The van der Waals surface area contributed by atoms with Gasteiger partial charge in [0.15, 0.2) is 0 Å². The van der Waals surface area contributed by atoms with Gasteiger partial charge in [-0.3, -0.25) is 15.1 Å². The molecule has 0 unspecified atom stereocenters. The molecule has 0 radical (unpaired) electrons. The molecule has 2 heterocycles. The summed E-state index contributed by atoms with van der Waals surface area (Å²) in [7, 11) is 0. The van der Waals surface area contributed by atoms with Crippen molar-refractivity contribution >= 4 is 34.4 Å². The standard InChI is InChI=1S/C20H16ClN5O/c1-11-7-8-16-14(9-11)12(2)22-19(23-16)26-20-24-17(10-18(27)25-20)13-5-3-4-6-15(13)21/h3-10H,1-2H3,(H2,22,23,24,25,26,27). The average molecular weight is 378 g/mol. The molecule has 27 heavy (non-hydrogen) atoms. The quantitative estimate of drug-likeness (QED) is 0.553. The van der Waals surface area contributed by atoms with Crippen LogP contribution < -0.4 is 10.9 Å². The van der Waals surface area contributed by atoms with Gasteiger partial charge in [-0.25, -0.2) is 15.0 Å². The Morgan fingerprint density at radius 3 is 2.63 bits per heavy atom. The fourth-order valence-corrected chi connectivity index (χ4v) is 3.11. The van der Waals surface area contributed by atoms with Crippen molar-refractivity contribution in [2.24, 2.45) is 0 Å². The Labute approximate surface area is 160 Å². The van der Waals surface area contributed by atoms with Crippen molar-refractivity contribution in [3.8, 4) is 11.3 Å². The normalized spacial score (nSPS) is 10.9. The molecule has 0 spiro atoms. The van der Waals surface area contributed by atoms with Crippen LogP contribution in [0.2, 0.25) is 5.02 Å². The molecule has 134 valence electrons. The monoisotopic (exact) mass is 377 g/mol. The highest BCUT2D eigenvalue weighted by atomic mass is 35.5. The van der Waals surface area contributed by atoms with E-state index < -0.39 is 0 Å². The van der Waals surface area contributed by atoms with E-state index in [9.17, 15) is 4.79 Å². The lowest BCUT2D eigenvalue weighted by atomic mass is 10.1. The highest BCUT2D eigenvalue weighted by molar-refractivity contribution is 6.33. The Balaban J connectivity index is 1.75. The van der Waals surface area contributed by atoms with Crippen molar-refractivity contribution in [1.82, 2.24) is 19.9 Å². The molecular formula is C20H16ClN5O. The number of halogens is 1. The van der Waals surface area contributed by atoms with E-state index >= 15 is 0 Å². The lowest BCUT2D eigenvalue weighted by molar-refractivity contribution is 1.08. The molecule has 4 aromatic rings. The van der Waals surface area contributed by atoms with Crippen LogP contribution in [0, 0.1) is 13.8 Å². The average Bonchev–Trinajstić information content (AvgIpc) is 2.62. The first kappa shape index (κ1) is 17.2. The predicted molar refractivity (Wildman–Crippen MR) is 108 cm³/mol. The van der Waals surface area contributed by atoms with Crippen molar-refractivity contribution in [3.63, 3.8) is 0 Å². The van der Waals surface area contributed by atoms with E-state index in [0.717, 1.165) is 22.2 Å². The second kappa shape index (κ2) is 6.81. The zero-order valence-electron chi connectivity index (χ0n) is 14.7. The maximum absolute atomic E-state index is 12.1. The number of rotatable bonds is 3. The lowest BCUT2D eigenvalue weighted by Crippen LogP contribution is -2.12. The minimum atomic E-state index is -0.296. The second-order valence-corrected chi connectivity index (χ2v) is 6.64. The molecule has 2 aromatic heterocycles. The zero-order valence-corrected chi connectivity index (χ0v) is 15.5. The molecule has 0 amide bonds. The molecule has 0 aliphatic rings. The number of hydrogen-bond acceptors (Lipinski definition) is 5. The summed E-state index contributed by atoms with van der Waals surface area (Å²) in [6.07, 6.45) is 0. The van der Waals surface area contributed by atoms with E-state index in [1.54, 1.807) is 6.07 Å². The van der Waals surface area contributed by atoms with Gasteiger partial charge in [-0.15, -0.1) is 0 Å². The summed E-state index contributed by atoms with van der Waals surface area (Å²) >= 11 is 6.23. The third kappa shape index (κ3) is 3.52. The van der Waals surface area contributed by atoms with Crippen molar-refractivity contribution in [1.29, 1.82) is 0 Å². The number of anilines is 2. The number of H-pyrrole nitrogens is 1. The van der Waals surface area contributed by atoms with E-state index in [2.05, 4.69) is 25.3 Å². The molecule has 6 nitrogen and oxygen atoms in total. The molecule has 2 N–H and O–H groups in total. The Morgan fingerprint density at radius 2 is 1.81 bits per heavy atom. The lowest BCUT2D eigenvalue weighted by Gasteiger charge is -2.09. The van der Waals surface area contributed by atoms with E-state index in [1.165, 1.54) is 6.07 Å². The summed E-state index contributed by atoms with van der Waals surface area (Å²) in [5.41, 5.74) is 3.67. The van der Waals surface area contributed by atoms with Gasteiger partial charge in [0.05, 0.1) is 16.9 Å². The van der Waals surface area contributed by atoms with Crippen LogP contribution in [0.25, 0.3) is 22.2 Å². The minimum Gasteiger partial charge on any atom is -0.294 e. The summed E-state index contributed by atoms with van der Waals surface area (Å²) in [5, 5.41) is 4.51. The molecule has 0 aliphatic carbocycles. The van der Waals surface area contributed by atoms with Crippen LogP contribution in [0.15, 0.2) is 53.3 Å². The molecule has 0 atom stereocenters. The number of aromatic amines is 1. The van der Waals surface area contributed by atoms with Gasteiger partial charge in [0, 0.05) is 22.0 Å². The first-order valence-electron chi connectivity index (χ1n) is 8.38. The van der Waals surface area contributed by atoms with Gasteiger partial charge >= 0.3 is 0 Å². The first-order valence-corrected chi connectivity index (χ1v) is 8.76. The SMILES string of the molecule is Cc1ccc2nc(Nc3nc(-c4ccccc4Cl)cc(=O)[nH]3)nc(C)c2c1. The summed E-state index contributed by atoms with van der Waals surface area (Å²) in [6, 6.07) is 14.6. The second-order valence-electron chi connectivity index (χ2n) is 6.24. The summed E-state index contributed by atoms with van der Waals surface area (Å²) in [6.45, 7) is 3.95. The van der Waals surface area contributed by atoms with Crippen molar-refractivity contribution in [3.05, 3.63) is 75.2 Å². The Morgan fingerprint density at radius 1 is 1.00 bits per heavy atom. The Kier molecular flexibility index (Phi) is 4.33. The largest absolute Gasteiger partial charge is 0.294 e. The topological polar surface area (TPSA) is 83.6 Å². The number of aryl methyl sites for hydroxylation is 2. The van der Waals surface area contributed by atoms with Gasteiger partial charge in [0.1, 0.15) is 0 Å². The predicted octanol–water partition coefficient (Wildman–Crippen LogP) is 4.39. The van der Waals surface area contributed by atoms with Crippen LogP contribution >= 0.6 is 11.6 Å². The Hall–Kier alpha value is -3.25. The third-order valence-electron chi connectivity index (χ3n) is 4.16. The Bertz CT molecular complexity index is 1220. The summed E-state index contributed by atoms with van der Waals surface area (Å²) < 4.78 is 0.